The molecular formula is C25H29N3O3S. The Morgan fingerprint density at radius 1 is 1.12 bits per heavy atom. The SMILES string of the molecule is COc1ccc(-c2nnc(SCC(=O)c3cc(C)c(C)cc3C)n2CC2CCCO2)cc1. The second kappa shape index (κ2) is 9.88. The number of aryl methyl sites for hydroxylation is 3. The predicted octanol–water partition coefficient (Wildman–Crippen LogP) is 5.03. The number of aromatic nitrogens is 3. The minimum atomic E-state index is 0.105. The van der Waals surface area contributed by atoms with Crippen molar-refractivity contribution in [3.8, 4) is 17.1 Å². The molecule has 3 aromatic rings. The number of benzene rings is 2. The first kappa shape index (κ1) is 22.6. The van der Waals surface area contributed by atoms with Crippen molar-refractivity contribution in [1.29, 1.82) is 0 Å². The molecule has 0 spiro atoms. The highest BCUT2D eigenvalue weighted by atomic mass is 32.2. The second-order valence-corrected chi connectivity index (χ2v) is 9.19. The van der Waals surface area contributed by atoms with Crippen molar-refractivity contribution in [2.45, 2.75) is 51.4 Å². The lowest BCUT2D eigenvalue weighted by molar-refractivity contribution is 0.0953. The van der Waals surface area contributed by atoms with Crippen molar-refractivity contribution >= 4 is 17.5 Å². The molecule has 2 heterocycles. The largest absolute Gasteiger partial charge is 0.497 e. The molecule has 4 rings (SSSR count). The minimum Gasteiger partial charge on any atom is -0.497 e. The summed E-state index contributed by atoms with van der Waals surface area (Å²) in [6.07, 6.45) is 2.23. The van der Waals surface area contributed by atoms with E-state index < -0.39 is 0 Å². The third kappa shape index (κ3) is 4.89. The molecule has 0 N–H and O–H groups in total. The van der Waals surface area contributed by atoms with Crippen molar-refractivity contribution in [3.63, 3.8) is 0 Å². The number of carbonyl (C=O) groups excluding carboxylic acids is 1. The van der Waals surface area contributed by atoms with E-state index in [0.717, 1.165) is 58.4 Å². The molecule has 1 aromatic heterocycles. The van der Waals surface area contributed by atoms with E-state index in [1.165, 1.54) is 17.3 Å². The fourth-order valence-electron chi connectivity index (χ4n) is 3.97. The van der Waals surface area contributed by atoms with E-state index in [4.69, 9.17) is 9.47 Å². The van der Waals surface area contributed by atoms with Crippen molar-refractivity contribution in [3.05, 3.63) is 58.7 Å². The Morgan fingerprint density at radius 2 is 1.88 bits per heavy atom. The van der Waals surface area contributed by atoms with Crippen molar-refractivity contribution in [1.82, 2.24) is 14.8 Å². The molecule has 0 aliphatic carbocycles. The Labute approximate surface area is 193 Å². The molecule has 0 saturated carbocycles. The van der Waals surface area contributed by atoms with Crippen LogP contribution in [0.4, 0.5) is 0 Å². The summed E-state index contributed by atoms with van der Waals surface area (Å²) in [6.45, 7) is 7.56. The molecule has 168 valence electrons. The zero-order valence-electron chi connectivity index (χ0n) is 19.1. The molecule has 1 aliphatic heterocycles. The van der Waals surface area contributed by atoms with E-state index in [2.05, 4.69) is 27.8 Å². The number of nitrogens with zero attached hydrogens (tertiary/aromatic N) is 3. The lowest BCUT2D eigenvalue weighted by Gasteiger charge is -2.15. The number of methoxy groups -OCH3 is 1. The number of ether oxygens (including phenoxy) is 2. The van der Waals surface area contributed by atoms with Crippen LogP contribution in [0.2, 0.25) is 0 Å². The molecule has 1 aliphatic rings. The van der Waals surface area contributed by atoms with Crippen LogP contribution in [-0.4, -0.2) is 46.1 Å². The Hall–Kier alpha value is -2.64. The third-order valence-corrected chi connectivity index (χ3v) is 6.92. The maximum absolute atomic E-state index is 13.0. The van der Waals surface area contributed by atoms with E-state index in [0.29, 0.717) is 12.3 Å². The number of thioether (sulfide) groups is 1. The summed E-state index contributed by atoms with van der Waals surface area (Å²) in [6, 6.07) is 11.9. The number of hydrogen-bond donors (Lipinski definition) is 0. The zero-order chi connectivity index (χ0) is 22.7. The van der Waals surface area contributed by atoms with Crippen LogP contribution >= 0.6 is 11.8 Å². The van der Waals surface area contributed by atoms with Gasteiger partial charge in [0.25, 0.3) is 0 Å². The fourth-order valence-corrected chi connectivity index (χ4v) is 4.81. The molecule has 32 heavy (non-hydrogen) atoms. The van der Waals surface area contributed by atoms with Crippen LogP contribution < -0.4 is 4.74 Å². The zero-order valence-corrected chi connectivity index (χ0v) is 19.9. The highest BCUT2D eigenvalue weighted by molar-refractivity contribution is 7.99. The quantitative estimate of drug-likeness (QED) is 0.353. The number of hydrogen-bond acceptors (Lipinski definition) is 6. The fraction of sp³-hybridized carbons (Fsp3) is 0.400. The van der Waals surface area contributed by atoms with Gasteiger partial charge in [0.1, 0.15) is 5.75 Å². The molecule has 1 unspecified atom stereocenters. The average molecular weight is 452 g/mol. The third-order valence-electron chi connectivity index (χ3n) is 5.95. The molecule has 6 nitrogen and oxygen atoms in total. The lowest BCUT2D eigenvalue weighted by Crippen LogP contribution is -2.17. The first-order valence-electron chi connectivity index (χ1n) is 10.9. The van der Waals surface area contributed by atoms with E-state index in [9.17, 15) is 4.79 Å². The van der Waals surface area contributed by atoms with Crippen LogP contribution in [0.25, 0.3) is 11.4 Å². The lowest BCUT2D eigenvalue weighted by atomic mass is 9.99. The molecule has 2 aromatic carbocycles. The van der Waals surface area contributed by atoms with Gasteiger partial charge in [-0.3, -0.25) is 9.36 Å². The van der Waals surface area contributed by atoms with Crippen LogP contribution in [0.1, 0.15) is 39.9 Å². The number of Topliss-reactive ketones (excluding diaryl/α,β-unsaturated/α-hetero) is 1. The van der Waals surface area contributed by atoms with Crippen LogP contribution in [0, 0.1) is 20.8 Å². The summed E-state index contributed by atoms with van der Waals surface area (Å²) in [4.78, 5) is 13.0. The molecular weight excluding hydrogens is 422 g/mol. The molecule has 1 fully saturated rings. The standard InChI is InChI=1S/C25H29N3O3S/c1-16-12-18(3)22(13-17(16)2)23(29)15-32-25-27-26-24(19-7-9-20(30-4)10-8-19)28(25)14-21-6-5-11-31-21/h7-10,12-13,21H,5-6,11,14-15H2,1-4H3. The van der Waals surface area contributed by atoms with E-state index in [1.807, 2.05) is 44.2 Å². The Kier molecular flexibility index (Phi) is 6.96. The highest BCUT2D eigenvalue weighted by Gasteiger charge is 2.23. The highest BCUT2D eigenvalue weighted by Crippen LogP contribution is 2.28. The summed E-state index contributed by atoms with van der Waals surface area (Å²) in [5, 5.41) is 9.63. The van der Waals surface area contributed by atoms with E-state index in [1.54, 1.807) is 7.11 Å². The van der Waals surface area contributed by atoms with E-state index >= 15 is 0 Å². The Balaban J connectivity index is 1.58. The monoisotopic (exact) mass is 451 g/mol. The summed E-state index contributed by atoms with van der Waals surface area (Å²) < 4.78 is 13.2. The van der Waals surface area contributed by atoms with Crippen LogP contribution in [0.5, 0.6) is 5.75 Å². The van der Waals surface area contributed by atoms with Gasteiger partial charge in [-0.2, -0.15) is 0 Å². The smallest absolute Gasteiger partial charge is 0.192 e. The summed E-state index contributed by atoms with van der Waals surface area (Å²) >= 11 is 1.43. The van der Waals surface area contributed by atoms with Gasteiger partial charge in [-0.15, -0.1) is 10.2 Å². The summed E-state index contributed by atoms with van der Waals surface area (Å²) in [5.74, 6) is 1.99. The molecule has 1 saturated heterocycles. The first-order valence-corrected chi connectivity index (χ1v) is 11.9. The van der Waals surface area contributed by atoms with Gasteiger partial charge in [0, 0.05) is 17.7 Å². The van der Waals surface area contributed by atoms with Gasteiger partial charge in [-0.25, -0.2) is 0 Å². The van der Waals surface area contributed by atoms with Crippen LogP contribution in [-0.2, 0) is 11.3 Å². The molecule has 0 radical (unpaired) electrons. The first-order chi connectivity index (χ1) is 15.5. The Bertz CT molecular complexity index is 1100. The van der Waals surface area contributed by atoms with Gasteiger partial charge in [0.05, 0.1) is 25.5 Å². The second-order valence-electron chi connectivity index (χ2n) is 8.24. The molecule has 0 bridgehead atoms. The molecule has 1 atom stereocenters. The van der Waals surface area contributed by atoms with Gasteiger partial charge in [-0.1, -0.05) is 17.8 Å². The molecule has 7 heteroatoms. The number of carbonyl (C=O) groups is 1. The average Bonchev–Trinajstić information content (AvgIpc) is 3.45. The predicted molar refractivity (Wildman–Crippen MR) is 127 cm³/mol. The normalized spacial score (nSPS) is 15.8. The van der Waals surface area contributed by atoms with Crippen LogP contribution in [0.3, 0.4) is 0 Å². The number of ketones is 1. The van der Waals surface area contributed by atoms with E-state index in [-0.39, 0.29) is 11.9 Å². The Morgan fingerprint density at radius 3 is 2.56 bits per heavy atom. The summed E-state index contributed by atoms with van der Waals surface area (Å²) in [7, 11) is 1.65. The van der Waals surface area contributed by atoms with Crippen molar-refractivity contribution in [2.24, 2.45) is 0 Å². The van der Waals surface area contributed by atoms with Gasteiger partial charge in [0.2, 0.25) is 0 Å². The number of rotatable bonds is 8. The maximum Gasteiger partial charge on any atom is 0.192 e. The van der Waals surface area contributed by atoms with Crippen molar-refractivity contribution < 1.29 is 14.3 Å². The summed E-state index contributed by atoms with van der Waals surface area (Å²) in [5.41, 5.74) is 5.08. The van der Waals surface area contributed by atoms with Gasteiger partial charge in [-0.05, 0) is 80.6 Å². The topological polar surface area (TPSA) is 66.2 Å². The van der Waals surface area contributed by atoms with Crippen molar-refractivity contribution in [2.75, 3.05) is 19.5 Å². The van der Waals surface area contributed by atoms with Gasteiger partial charge in [0.15, 0.2) is 16.8 Å². The molecule has 0 amide bonds. The van der Waals surface area contributed by atoms with Gasteiger partial charge >= 0.3 is 0 Å². The van der Waals surface area contributed by atoms with Gasteiger partial charge < -0.3 is 9.47 Å². The minimum absolute atomic E-state index is 0.105. The van der Waals surface area contributed by atoms with Crippen LogP contribution in [0.15, 0.2) is 41.6 Å². The maximum atomic E-state index is 13.0.